The van der Waals surface area contributed by atoms with Crippen LogP contribution in [0.25, 0.3) is 0 Å². The molecule has 6 heteroatoms. The number of halogens is 2. The van der Waals surface area contributed by atoms with Crippen molar-refractivity contribution < 1.29 is 4.74 Å². The minimum absolute atomic E-state index is 0. The molecule has 0 amide bonds. The smallest absolute Gasteiger partial charge is 0.191 e. The molecule has 1 heterocycles. The number of rotatable bonds is 6. The van der Waals surface area contributed by atoms with Gasteiger partial charge in [0.25, 0.3) is 0 Å². The molecule has 22 heavy (non-hydrogen) atoms. The van der Waals surface area contributed by atoms with Gasteiger partial charge in [0, 0.05) is 23.5 Å². The van der Waals surface area contributed by atoms with Crippen molar-refractivity contribution in [2.24, 2.45) is 10.4 Å². The van der Waals surface area contributed by atoms with Crippen LogP contribution in [0.4, 0.5) is 0 Å². The lowest BCUT2D eigenvalue weighted by Gasteiger charge is -2.36. The Hall–Kier alpha value is -0.530. The van der Waals surface area contributed by atoms with E-state index in [4.69, 9.17) is 16.3 Å². The third-order valence-corrected chi connectivity index (χ3v) is 3.69. The Morgan fingerprint density at radius 3 is 2.73 bits per heavy atom. The fraction of sp³-hybridized carbons (Fsp3) is 0.562. The van der Waals surface area contributed by atoms with Crippen LogP contribution >= 0.6 is 35.6 Å². The zero-order valence-electron chi connectivity index (χ0n) is 13.2. The first kappa shape index (κ1) is 19.5. The van der Waals surface area contributed by atoms with E-state index >= 15 is 0 Å². The van der Waals surface area contributed by atoms with E-state index in [0.717, 1.165) is 50.3 Å². The lowest BCUT2D eigenvalue weighted by molar-refractivity contribution is -0.0945. The molecule has 1 aromatic rings. The van der Waals surface area contributed by atoms with Crippen LogP contribution in [0.15, 0.2) is 29.3 Å². The summed E-state index contributed by atoms with van der Waals surface area (Å²) >= 11 is 5.99. The Bertz CT molecular complexity index is 492. The number of guanidine groups is 1. The van der Waals surface area contributed by atoms with Gasteiger partial charge in [0.1, 0.15) is 0 Å². The number of hydrogen-bond acceptors (Lipinski definition) is 2. The first-order valence-electron chi connectivity index (χ1n) is 7.46. The minimum atomic E-state index is 0. The normalized spacial score (nSPS) is 16.4. The Balaban J connectivity index is 0.00000242. The second kappa shape index (κ2) is 9.57. The molecule has 0 aliphatic carbocycles. The summed E-state index contributed by atoms with van der Waals surface area (Å²) in [6.45, 7) is 8.36. The molecule has 4 nitrogen and oxygen atoms in total. The minimum Gasteiger partial charge on any atom is -0.380 e. The molecule has 1 aromatic carbocycles. The molecule has 0 unspecified atom stereocenters. The van der Waals surface area contributed by atoms with Gasteiger partial charge in [-0.25, -0.2) is 0 Å². The first-order valence-corrected chi connectivity index (χ1v) is 7.83. The highest BCUT2D eigenvalue weighted by molar-refractivity contribution is 14.0. The molecule has 1 saturated heterocycles. The summed E-state index contributed by atoms with van der Waals surface area (Å²) in [5.41, 5.74) is 1.43. The fourth-order valence-electron chi connectivity index (χ4n) is 2.17. The third kappa shape index (κ3) is 6.30. The van der Waals surface area contributed by atoms with Crippen molar-refractivity contribution in [3.05, 3.63) is 34.9 Å². The Labute approximate surface area is 155 Å². The van der Waals surface area contributed by atoms with Crippen LogP contribution in [0.1, 0.15) is 19.4 Å². The van der Waals surface area contributed by atoms with Gasteiger partial charge < -0.3 is 15.4 Å². The molecular formula is C16H25ClIN3O. The molecule has 1 fully saturated rings. The summed E-state index contributed by atoms with van der Waals surface area (Å²) in [7, 11) is 0. The quantitative estimate of drug-likeness (QED) is 0.408. The predicted molar refractivity (Wildman–Crippen MR) is 103 cm³/mol. The fourth-order valence-corrected chi connectivity index (χ4v) is 2.38. The van der Waals surface area contributed by atoms with Crippen molar-refractivity contribution >= 4 is 41.5 Å². The van der Waals surface area contributed by atoms with Gasteiger partial charge in [0.05, 0.1) is 19.8 Å². The zero-order chi connectivity index (χ0) is 15.1. The van der Waals surface area contributed by atoms with Crippen LogP contribution in [-0.2, 0) is 11.2 Å². The van der Waals surface area contributed by atoms with Gasteiger partial charge in [-0.05, 0) is 31.0 Å². The maximum Gasteiger partial charge on any atom is 0.191 e. The maximum atomic E-state index is 5.99. The van der Waals surface area contributed by atoms with Crippen LogP contribution in [0.2, 0.25) is 5.02 Å². The number of nitrogens with zero attached hydrogens (tertiary/aromatic N) is 1. The second-order valence-corrected chi connectivity index (χ2v) is 6.24. The van der Waals surface area contributed by atoms with Crippen LogP contribution in [0.3, 0.4) is 0 Å². The van der Waals surface area contributed by atoms with Gasteiger partial charge in [0.15, 0.2) is 5.96 Å². The summed E-state index contributed by atoms with van der Waals surface area (Å²) in [6.07, 6.45) is 0.922. The summed E-state index contributed by atoms with van der Waals surface area (Å²) in [5, 5.41) is 7.42. The van der Waals surface area contributed by atoms with Gasteiger partial charge in [-0.1, -0.05) is 30.7 Å². The lowest BCUT2D eigenvalue weighted by atomic mass is 9.89. The summed E-state index contributed by atoms with van der Waals surface area (Å²) in [6, 6.07) is 7.96. The van der Waals surface area contributed by atoms with Gasteiger partial charge >= 0.3 is 0 Å². The van der Waals surface area contributed by atoms with Crippen molar-refractivity contribution in [1.29, 1.82) is 0 Å². The standard InChI is InChI=1S/C16H24ClN3O.HI/c1-3-18-15(20-10-16(2)11-21-12-16)19-8-7-13-5-4-6-14(17)9-13;/h4-6,9H,3,7-8,10-12H2,1-2H3,(H2,18,19,20);1H. The van der Waals surface area contributed by atoms with Crippen molar-refractivity contribution in [2.75, 3.05) is 32.8 Å². The lowest BCUT2D eigenvalue weighted by Crippen LogP contribution is -2.44. The number of hydrogen-bond donors (Lipinski definition) is 2. The monoisotopic (exact) mass is 437 g/mol. The molecular weight excluding hydrogens is 413 g/mol. The highest BCUT2D eigenvalue weighted by Crippen LogP contribution is 2.26. The Morgan fingerprint density at radius 1 is 1.36 bits per heavy atom. The molecule has 0 radical (unpaired) electrons. The van der Waals surface area contributed by atoms with E-state index in [2.05, 4.69) is 35.5 Å². The van der Waals surface area contributed by atoms with E-state index in [1.54, 1.807) is 0 Å². The van der Waals surface area contributed by atoms with E-state index in [0.29, 0.717) is 0 Å². The van der Waals surface area contributed by atoms with E-state index in [-0.39, 0.29) is 29.4 Å². The molecule has 0 aromatic heterocycles. The number of ether oxygens (including phenoxy) is 1. The molecule has 0 spiro atoms. The SMILES string of the molecule is CCNC(=NCC1(C)COC1)NCCc1cccc(Cl)c1.I. The largest absolute Gasteiger partial charge is 0.380 e. The molecule has 124 valence electrons. The van der Waals surface area contributed by atoms with E-state index in [1.165, 1.54) is 5.56 Å². The average Bonchev–Trinajstić information content (AvgIpc) is 2.43. The van der Waals surface area contributed by atoms with E-state index in [9.17, 15) is 0 Å². The zero-order valence-corrected chi connectivity index (χ0v) is 16.3. The topological polar surface area (TPSA) is 45.7 Å². The molecule has 0 bridgehead atoms. The highest BCUT2D eigenvalue weighted by Gasteiger charge is 2.33. The van der Waals surface area contributed by atoms with Gasteiger partial charge in [-0.15, -0.1) is 24.0 Å². The van der Waals surface area contributed by atoms with Crippen molar-refractivity contribution in [2.45, 2.75) is 20.3 Å². The van der Waals surface area contributed by atoms with Crippen molar-refractivity contribution in [1.82, 2.24) is 10.6 Å². The maximum absolute atomic E-state index is 5.99. The molecule has 2 rings (SSSR count). The second-order valence-electron chi connectivity index (χ2n) is 5.81. The summed E-state index contributed by atoms with van der Waals surface area (Å²) in [5.74, 6) is 0.868. The molecule has 1 aliphatic rings. The third-order valence-electron chi connectivity index (χ3n) is 3.46. The Morgan fingerprint density at radius 2 is 2.14 bits per heavy atom. The van der Waals surface area contributed by atoms with E-state index in [1.807, 2.05) is 18.2 Å². The predicted octanol–water partition coefficient (Wildman–Crippen LogP) is 3.09. The van der Waals surface area contributed by atoms with Crippen LogP contribution in [0, 0.1) is 5.41 Å². The van der Waals surface area contributed by atoms with Crippen LogP contribution in [0.5, 0.6) is 0 Å². The summed E-state index contributed by atoms with van der Waals surface area (Å²) in [4.78, 5) is 4.64. The number of nitrogens with one attached hydrogen (secondary N) is 2. The van der Waals surface area contributed by atoms with Gasteiger partial charge in [-0.2, -0.15) is 0 Å². The molecule has 2 N–H and O–H groups in total. The van der Waals surface area contributed by atoms with Crippen LogP contribution in [-0.4, -0.2) is 38.8 Å². The Kier molecular flexibility index (Phi) is 8.49. The number of aliphatic imine (C=N–C) groups is 1. The first-order chi connectivity index (χ1) is 10.1. The van der Waals surface area contributed by atoms with Gasteiger partial charge in [0.2, 0.25) is 0 Å². The summed E-state index contributed by atoms with van der Waals surface area (Å²) < 4.78 is 5.26. The molecule has 0 saturated carbocycles. The number of benzene rings is 1. The van der Waals surface area contributed by atoms with Crippen molar-refractivity contribution in [3.63, 3.8) is 0 Å². The van der Waals surface area contributed by atoms with Crippen molar-refractivity contribution in [3.8, 4) is 0 Å². The molecule has 0 atom stereocenters. The van der Waals surface area contributed by atoms with Crippen LogP contribution < -0.4 is 10.6 Å². The molecule has 1 aliphatic heterocycles. The highest BCUT2D eigenvalue weighted by atomic mass is 127. The van der Waals surface area contributed by atoms with E-state index < -0.39 is 0 Å². The average molecular weight is 438 g/mol. The van der Waals surface area contributed by atoms with Gasteiger partial charge in [-0.3, -0.25) is 4.99 Å².